The van der Waals surface area contributed by atoms with E-state index in [0.717, 1.165) is 55.2 Å². The number of methoxy groups -OCH3 is 1. The molecule has 6 rings (SSSR count). The molecule has 2 aliphatic rings. The number of aromatic nitrogens is 1. The number of phenols is 1. The van der Waals surface area contributed by atoms with Crippen LogP contribution in [0.1, 0.15) is 67.5 Å². The fraction of sp³-hybridized carbons (Fsp3) is 0.485. The van der Waals surface area contributed by atoms with Gasteiger partial charge in [-0.3, -0.25) is 9.88 Å². The number of hydrogen-bond donors (Lipinski definition) is 2. The zero-order chi connectivity index (χ0) is 28.3. The molecule has 218 valence electrons. The second kappa shape index (κ2) is 12.4. The third kappa shape index (κ3) is 5.66. The van der Waals surface area contributed by atoms with Crippen molar-refractivity contribution in [3.8, 4) is 11.5 Å². The first kappa shape index (κ1) is 28.0. The number of furan rings is 1. The highest BCUT2D eigenvalue weighted by Gasteiger charge is 2.33. The third-order valence-corrected chi connectivity index (χ3v) is 9.04. The molecule has 8 heteroatoms. The van der Waals surface area contributed by atoms with Gasteiger partial charge in [0.05, 0.1) is 18.2 Å². The monoisotopic (exact) mass is 559 g/mol. The fourth-order valence-electron chi connectivity index (χ4n) is 6.70. The first-order valence-corrected chi connectivity index (χ1v) is 14.9. The molecule has 1 aliphatic heterocycles. The van der Waals surface area contributed by atoms with Crippen molar-refractivity contribution < 1.29 is 24.1 Å². The second-order valence-corrected chi connectivity index (χ2v) is 11.6. The van der Waals surface area contributed by atoms with Gasteiger partial charge < -0.3 is 29.0 Å². The van der Waals surface area contributed by atoms with Crippen LogP contribution in [-0.2, 0) is 4.74 Å². The van der Waals surface area contributed by atoms with Crippen LogP contribution >= 0.6 is 0 Å². The van der Waals surface area contributed by atoms with E-state index >= 15 is 0 Å². The van der Waals surface area contributed by atoms with Crippen molar-refractivity contribution >= 4 is 21.7 Å². The van der Waals surface area contributed by atoms with E-state index < -0.39 is 6.29 Å². The average Bonchev–Trinajstić information content (AvgIpc) is 3.45. The predicted molar refractivity (Wildman–Crippen MR) is 159 cm³/mol. The molecular weight excluding hydrogens is 518 g/mol. The van der Waals surface area contributed by atoms with Gasteiger partial charge >= 0.3 is 0 Å². The van der Waals surface area contributed by atoms with Gasteiger partial charge in [-0.05, 0) is 55.3 Å². The number of aromatic hydroxyl groups is 1. The van der Waals surface area contributed by atoms with Crippen LogP contribution in [0.5, 0.6) is 11.5 Å². The number of hydrogen-bond acceptors (Lipinski definition) is 8. The van der Waals surface area contributed by atoms with Gasteiger partial charge in [0.15, 0.2) is 6.29 Å². The van der Waals surface area contributed by atoms with Gasteiger partial charge in [0.25, 0.3) is 0 Å². The Morgan fingerprint density at radius 1 is 1.02 bits per heavy atom. The molecule has 0 spiro atoms. The normalized spacial score (nSPS) is 19.1. The molecule has 2 aromatic carbocycles. The number of piperazine rings is 1. The number of benzene rings is 2. The Morgan fingerprint density at radius 3 is 2.51 bits per heavy atom. The molecule has 2 aromatic heterocycles. The summed E-state index contributed by atoms with van der Waals surface area (Å²) in [6.45, 7) is 4.14. The Balaban J connectivity index is 1.47. The second-order valence-electron chi connectivity index (χ2n) is 11.6. The summed E-state index contributed by atoms with van der Waals surface area (Å²) in [7, 11) is 3.59. The lowest BCUT2D eigenvalue weighted by Gasteiger charge is -2.39. The summed E-state index contributed by atoms with van der Waals surface area (Å²) in [5.41, 5.74) is 2.82. The lowest BCUT2D eigenvalue weighted by molar-refractivity contribution is -0.0763. The van der Waals surface area contributed by atoms with Gasteiger partial charge in [-0.2, -0.15) is 0 Å². The van der Waals surface area contributed by atoms with E-state index in [0.29, 0.717) is 34.1 Å². The van der Waals surface area contributed by atoms with Crippen molar-refractivity contribution in [2.45, 2.75) is 50.9 Å². The van der Waals surface area contributed by atoms with Crippen LogP contribution in [0.3, 0.4) is 0 Å². The highest BCUT2D eigenvalue weighted by Crippen LogP contribution is 2.48. The maximum Gasteiger partial charge on any atom is 0.184 e. The Labute approximate surface area is 241 Å². The summed E-state index contributed by atoms with van der Waals surface area (Å²) in [5.74, 6) is 1.64. The van der Waals surface area contributed by atoms with E-state index in [1.165, 1.54) is 39.2 Å². The topological polar surface area (TPSA) is 91.4 Å². The summed E-state index contributed by atoms with van der Waals surface area (Å²) < 4.78 is 17.7. The minimum atomic E-state index is -1.19. The average molecular weight is 560 g/mol. The van der Waals surface area contributed by atoms with Crippen LogP contribution in [0.15, 0.2) is 53.4 Å². The summed E-state index contributed by atoms with van der Waals surface area (Å²) in [4.78, 5) is 8.95. The van der Waals surface area contributed by atoms with Crippen LogP contribution < -0.4 is 4.74 Å². The van der Waals surface area contributed by atoms with Crippen LogP contribution in [0.2, 0.25) is 0 Å². The van der Waals surface area contributed by atoms with Crippen molar-refractivity contribution in [1.82, 2.24) is 14.8 Å². The van der Waals surface area contributed by atoms with Crippen molar-refractivity contribution in [2.75, 3.05) is 46.9 Å². The number of aliphatic hydroxyl groups is 1. The van der Waals surface area contributed by atoms with E-state index in [9.17, 15) is 10.2 Å². The van der Waals surface area contributed by atoms with Gasteiger partial charge in [-0.25, -0.2) is 0 Å². The molecule has 41 heavy (non-hydrogen) atoms. The highest BCUT2D eigenvalue weighted by molar-refractivity contribution is 6.11. The van der Waals surface area contributed by atoms with Crippen molar-refractivity contribution in [3.05, 3.63) is 65.7 Å². The molecule has 2 unspecified atom stereocenters. The quantitative estimate of drug-likeness (QED) is 0.241. The van der Waals surface area contributed by atoms with Gasteiger partial charge in [0.1, 0.15) is 23.3 Å². The molecule has 1 aliphatic carbocycles. The number of fused-ring (bicyclic) bond motifs is 3. The largest absolute Gasteiger partial charge is 0.507 e. The molecule has 2 N–H and O–H groups in total. The summed E-state index contributed by atoms with van der Waals surface area (Å²) >= 11 is 0. The number of aliphatic hydroxyl groups excluding tert-OH is 1. The summed E-state index contributed by atoms with van der Waals surface area (Å²) in [5, 5.41) is 25.1. The maximum absolute atomic E-state index is 12.1. The molecule has 1 saturated heterocycles. The number of nitrogens with zero attached hydrogens (tertiary/aromatic N) is 3. The van der Waals surface area contributed by atoms with E-state index in [2.05, 4.69) is 21.8 Å². The fourth-order valence-corrected chi connectivity index (χ4v) is 6.70. The Bertz CT molecular complexity index is 1460. The first-order valence-electron chi connectivity index (χ1n) is 14.9. The van der Waals surface area contributed by atoms with Crippen molar-refractivity contribution in [2.24, 2.45) is 5.92 Å². The zero-order valence-electron chi connectivity index (χ0n) is 24.1. The van der Waals surface area contributed by atoms with E-state index in [1.54, 1.807) is 18.7 Å². The van der Waals surface area contributed by atoms with Crippen LogP contribution in [0.4, 0.5) is 0 Å². The van der Waals surface area contributed by atoms with Gasteiger partial charge in [0.2, 0.25) is 0 Å². The van der Waals surface area contributed by atoms with Crippen LogP contribution in [-0.4, -0.2) is 71.9 Å². The zero-order valence-corrected chi connectivity index (χ0v) is 24.1. The molecule has 1 saturated carbocycles. The standard InChI is InChI=1S/C33H41N3O5/c1-35-15-17-36(18-16-35)30(23-10-13-34-14-11-23)29-28-27(33(38)39-2)21-41-32(28)25-9-8-24(20-26(25)31(29)37)40-19-12-22-6-4-3-5-7-22/h8-11,13-14,20-22,30,33,37-38H,3-7,12,15-19H2,1-2H3. The molecule has 2 fully saturated rings. The Kier molecular flexibility index (Phi) is 8.44. The molecule has 2 atom stereocenters. The van der Waals surface area contributed by atoms with Crippen molar-refractivity contribution in [1.29, 1.82) is 0 Å². The minimum absolute atomic E-state index is 0.164. The van der Waals surface area contributed by atoms with Crippen LogP contribution in [0, 0.1) is 5.92 Å². The van der Waals surface area contributed by atoms with E-state index in [4.69, 9.17) is 13.9 Å². The summed E-state index contributed by atoms with van der Waals surface area (Å²) in [6.07, 6.45) is 11.5. The van der Waals surface area contributed by atoms with Gasteiger partial charge in [-0.15, -0.1) is 0 Å². The smallest absolute Gasteiger partial charge is 0.184 e. The molecule has 0 radical (unpaired) electrons. The van der Waals surface area contributed by atoms with Crippen LogP contribution in [0.25, 0.3) is 21.7 Å². The Hall–Kier alpha value is -3.17. The van der Waals surface area contributed by atoms with Gasteiger partial charge in [0, 0.05) is 67.4 Å². The lowest BCUT2D eigenvalue weighted by atomic mass is 9.87. The molecular formula is C33H41N3O5. The number of likely N-dealkylation sites (N-methyl/N-ethyl adjacent to an activating group) is 1. The van der Waals surface area contributed by atoms with Crippen molar-refractivity contribution in [3.63, 3.8) is 0 Å². The van der Waals surface area contributed by atoms with E-state index in [-0.39, 0.29) is 11.8 Å². The molecule has 0 bridgehead atoms. The SMILES string of the molecule is COC(O)c1coc2c1c(C(c1ccncc1)N1CCN(C)CC1)c(O)c1cc(OCCC3CCCCC3)ccc12. The third-order valence-electron chi connectivity index (χ3n) is 9.04. The summed E-state index contributed by atoms with van der Waals surface area (Å²) in [6, 6.07) is 9.52. The number of rotatable bonds is 9. The molecule has 4 aromatic rings. The van der Waals surface area contributed by atoms with E-state index in [1.807, 2.05) is 30.3 Å². The molecule has 0 amide bonds. The number of ether oxygens (including phenoxy) is 2. The molecule has 3 heterocycles. The van der Waals surface area contributed by atoms with Gasteiger partial charge in [-0.1, -0.05) is 32.1 Å². The number of pyridine rings is 1. The predicted octanol–water partition coefficient (Wildman–Crippen LogP) is 6.01. The maximum atomic E-state index is 12.1. The first-order chi connectivity index (χ1) is 20.0. The highest BCUT2D eigenvalue weighted by atomic mass is 16.6. The minimum Gasteiger partial charge on any atom is -0.507 e. The lowest BCUT2D eigenvalue weighted by Crippen LogP contribution is -2.46. The Morgan fingerprint density at radius 2 is 1.78 bits per heavy atom. The molecule has 8 nitrogen and oxygen atoms in total. The number of phenolic OH excluding ortho intramolecular Hbond substituents is 1.